The van der Waals surface area contributed by atoms with Crippen molar-refractivity contribution in [2.75, 3.05) is 45.1 Å². The first-order chi connectivity index (χ1) is 20.8. The number of benzene rings is 2. The number of rotatable bonds is 7. The average molecular weight is 581 g/mol. The Labute approximate surface area is 248 Å². The molecule has 0 aliphatic carbocycles. The van der Waals surface area contributed by atoms with Crippen LogP contribution in [0.2, 0.25) is 0 Å². The average Bonchev–Trinajstić information content (AvgIpc) is 3.29. The highest BCUT2D eigenvalue weighted by Gasteiger charge is 2.38. The van der Waals surface area contributed by atoms with Gasteiger partial charge < -0.3 is 20.1 Å². The van der Waals surface area contributed by atoms with Crippen LogP contribution >= 0.6 is 0 Å². The number of nitrogens with zero attached hydrogens (tertiary/aromatic N) is 7. The Bertz CT molecular complexity index is 1770. The number of anilines is 1. The molecular weight excluding hydrogens is 548 g/mol. The Morgan fingerprint density at radius 2 is 1.74 bits per heavy atom. The minimum atomic E-state index is -0.491. The van der Waals surface area contributed by atoms with E-state index < -0.39 is 5.54 Å². The first kappa shape index (κ1) is 28.1. The number of aromatic nitrogens is 4. The second-order valence-electron chi connectivity index (χ2n) is 11.1. The van der Waals surface area contributed by atoms with Gasteiger partial charge in [0.1, 0.15) is 35.0 Å². The molecule has 1 amide bonds. The van der Waals surface area contributed by atoms with Crippen molar-refractivity contribution in [2.24, 2.45) is 0 Å². The molecule has 2 aliphatic heterocycles. The summed E-state index contributed by atoms with van der Waals surface area (Å²) in [5.41, 5.74) is 6.83. The number of likely N-dealkylation sites (tertiary alicyclic amines) is 1. The lowest BCUT2D eigenvalue weighted by molar-refractivity contribution is -0.132. The molecule has 43 heavy (non-hydrogen) atoms. The summed E-state index contributed by atoms with van der Waals surface area (Å²) in [6.45, 7) is 7.16. The molecule has 0 atom stereocenters. The number of fused-ring (bicyclic) bond motifs is 1. The fraction of sp³-hybridized carbons (Fsp3) is 0.323. The van der Waals surface area contributed by atoms with Crippen molar-refractivity contribution in [2.45, 2.75) is 25.4 Å². The lowest BCUT2D eigenvalue weighted by Crippen LogP contribution is -2.53. The van der Waals surface area contributed by atoms with Gasteiger partial charge in [0.15, 0.2) is 11.5 Å². The highest BCUT2D eigenvalue weighted by atomic mass is 16.5. The molecule has 0 saturated carbocycles. The van der Waals surface area contributed by atoms with Crippen LogP contribution in [0.5, 0.6) is 11.5 Å². The smallest absolute Gasteiger partial charge is 0.335 e. The van der Waals surface area contributed by atoms with Gasteiger partial charge in [-0.15, -0.1) is 0 Å². The molecule has 2 N–H and O–H groups in total. The van der Waals surface area contributed by atoms with Gasteiger partial charge in [-0.25, -0.2) is 14.8 Å². The van der Waals surface area contributed by atoms with E-state index in [0.717, 1.165) is 13.1 Å². The van der Waals surface area contributed by atoms with E-state index in [1.807, 2.05) is 44.2 Å². The Hall–Kier alpha value is -4.99. The Morgan fingerprint density at radius 1 is 1.07 bits per heavy atom. The molecule has 6 rings (SSSR count). The topological polar surface area (TPSA) is 145 Å². The Balaban J connectivity index is 1.25. The maximum atomic E-state index is 13.9. The molecule has 0 unspecified atom stereocenters. The monoisotopic (exact) mass is 580 g/mol. The molecule has 0 spiro atoms. The third-order valence-corrected chi connectivity index (χ3v) is 7.94. The molecular formula is C31H32N8O4. The van der Waals surface area contributed by atoms with Crippen molar-refractivity contribution in [3.63, 3.8) is 0 Å². The molecule has 220 valence electrons. The molecule has 12 nitrogen and oxygen atoms in total. The van der Waals surface area contributed by atoms with Gasteiger partial charge in [0.05, 0.1) is 24.9 Å². The predicted molar refractivity (Wildman–Crippen MR) is 160 cm³/mol. The summed E-state index contributed by atoms with van der Waals surface area (Å²) in [7, 11) is 0. The van der Waals surface area contributed by atoms with Gasteiger partial charge >= 0.3 is 5.69 Å². The van der Waals surface area contributed by atoms with Gasteiger partial charge in [-0.05, 0) is 56.3 Å². The van der Waals surface area contributed by atoms with Crippen LogP contribution in [0.15, 0.2) is 77.4 Å². The molecule has 2 aromatic heterocycles. The molecule has 4 aromatic rings. The summed E-state index contributed by atoms with van der Waals surface area (Å²) in [6, 6.07) is 18.2. The maximum Gasteiger partial charge on any atom is 0.335 e. The summed E-state index contributed by atoms with van der Waals surface area (Å²) < 4.78 is 14.4. The van der Waals surface area contributed by atoms with Crippen LogP contribution < -0.4 is 16.2 Å². The van der Waals surface area contributed by atoms with E-state index in [4.69, 9.17) is 15.2 Å². The Kier molecular flexibility index (Phi) is 7.43. The number of para-hydroxylation sites is 1. The summed E-state index contributed by atoms with van der Waals surface area (Å²) in [4.78, 5) is 39.5. The van der Waals surface area contributed by atoms with Crippen LogP contribution in [0.3, 0.4) is 0 Å². The third kappa shape index (κ3) is 5.36. The zero-order valence-electron chi connectivity index (χ0n) is 24.0. The number of morpholine rings is 1. The normalized spacial score (nSPS) is 16.6. The molecule has 0 bridgehead atoms. The lowest BCUT2D eigenvalue weighted by atomic mass is 9.97. The fourth-order valence-electron chi connectivity index (χ4n) is 5.60. The van der Waals surface area contributed by atoms with Gasteiger partial charge in [-0.1, -0.05) is 18.2 Å². The maximum absolute atomic E-state index is 13.9. The van der Waals surface area contributed by atoms with Crippen LogP contribution in [0.4, 0.5) is 5.82 Å². The number of hydrogen-bond donors (Lipinski definition) is 1. The minimum absolute atomic E-state index is 0.0779. The van der Waals surface area contributed by atoms with E-state index in [-0.39, 0.29) is 42.1 Å². The van der Waals surface area contributed by atoms with Crippen molar-refractivity contribution in [1.82, 2.24) is 28.9 Å². The summed E-state index contributed by atoms with van der Waals surface area (Å²) in [5, 5.41) is 9.85. The van der Waals surface area contributed by atoms with Crippen molar-refractivity contribution >= 4 is 22.9 Å². The standard InChI is InChI=1S/C31H32N8O4/c1-31(2,37-12-14-42-15-13-37)16-21(17-32)29(40)36-18-23(19-36)39-28-26(27(33)34-20-35-28)38(30(39)41)22-8-10-25(11-9-22)43-24-6-4-3-5-7-24/h3-11,16,20,23H,12-15,18-19H2,1-2H3,(H2,33,34,35)/b21-16-. The van der Waals surface area contributed by atoms with E-state index in [1.165, 1.54) is 10.9 Å². The highest BCUT2D eigenvalue weighted by molar-refractivity contribution is 5.98. The van der Waals surface area contributed by atoms with Gasteiger partial charge in [-0.3, -0.25) is 18.8 Å². The molecule has 2 saturated heterocycles. The molecule has 4 heterocycles. The first-order valence-electron chi connectivity index (χ1n) is 14.1. The largest absolute Gasteiger partial charge is 0.457 e. The van der Waals surface area contributed by atoms with Crippen molar-refractivity contribution < 1.29 is 14.3 Å². The number of hydrogen-bond acceptors (Lipinski definition) is 9. The quantitative estimate of drug-likeness (QED) is 0.258. The van der Waals surface area contributed by atoms with Gasteiger partial charge in [0.25, 0.3) is 5.91 Å². The van der Waals surface area contributed by atoms with Crippen molar-refractivity contribution in [1.29, 1.82) is 5.26 Å². The molecule has 0 radical (unpaired) electrons. The minimum Gasteiger partial charge on any atom is -0.457 e. The number of nitrogen functional groups attached to an aromatic ring is 1. The number of carbonyl (C=O) groups excluding carboxylic acids is 1. The van der Waals surface area contributed by atoms with Gasteiger partial charge in [0, 0.05) is 31.7 Å². The molecule has 12 heteroatoms. The van der Waals surface area contributed by atoms with Gasteiger partial charge in [-0.2, -0.15) is 5.26 Å². The molecule has 2 aliphatic rings. The summed E-state index contributed by atoms with van der Waals surface area (Å²) >= 11 is 0. The number of nitrogens with two attached hydrogens (primary N) is 1. The third-order valence-electron chi connectivity index (χ3n) is 7.94. The van der Waals surface area contributed by atoms with E-state index in [9.17, 15) is 14.9 Å². The van der Waals surface area contributed by atoms with Crippen molar-refractivity contribution in [3.8, 4) is 23.3 Å². The van der Waals surface area contributed by atoms with Gasteiger partial charge in [0.2, 0.25) is 0 Å². The number of nitriles is 1. The summed E-state index contributed by atoms with van der Waals surface area (Å²) in [5.74, 6) is 1.12. The van der Waals surface area contributed by atoms with Crippen LogP contribution in [-0.2, 0) is 9.53 Å². The zero-order valence-corrected chi connectivity index (χ0v) is 24.0. The summed E-state index contributed by atoms with van der Waals surface area (Å²) in [6.07, 6.45) is 3.05. The SMILES string of the molecule is CC(C)(/C=C(/C#N)C(=O)N1CC(n2c(=O)n(-c3ccc(Oc4ccccc4)cc3)c3c(N)ncnc32)C1)N1CCOCC1. The first-order valence-corrected chi connectivity index (χ1v) is 14.1. The van der Waals surface area contributed by atoms with Crippen LogP contribution in [0.1, 0.15) is 19.9 Å². The zero-order chi connectivity index (χ0) is 30.1. The lowest BCUT2D eigenvalue weighted by Gasteiger charge is -2.41. The molecule has 2 fully saturated rings. The number of carbonyl (C=O) groups is 1. The van der Waals surface area contributed by atoms with E-state index in [0.29, 0.717) is 41.6 Å². The number of imidazole rings is 1. The van der Waals surface area contributed by atoms with E-state index in [1.54, 1.807) is 39.8 Å². The van der Waals surface area contributed by atoms with E-state index >= 15 is 0 Å². The van der Waals surface area contributed by atoms with Crippen LogP contribution in [0, 0.1) is 11.3 Å². The number of ether oxygens (including phenoxy) is 2. The highest BCUT2D eigenvalue weighted by Crippen LogP contribution is 2.30. The number of amides is 1. The second-order valence-corrected chi connectivity index (χ2v) is 11.1. The van der Waals surface area contributed by atoms with Crippen LogP contribution in [0.25, 0.3) is 16.9 Å². The van der Waals surface area contributed by atoms with Crippen LogP contribution in [-0.4, -0.2) is 79.7 Å². The fourth-order valence-corrected chi connectivity index (χ4v) is 5.60. The second kappa shape index (κ2) is 11.4. The predicted octanol–water partition coefficient (Wildman–Crippen LogP) is 2.90. The molecule has 2 aromatic carbocycles. The van der Waals surface area contributed by atoms with Crippen molar-refractivity contribution in [3.05, 3.63) is 83.1 Å². The van der Waals surface area contributed by atoms with E-state index in [2.05, 4.69) is 20.9 Å². The Morgan fingerprint density at radius 3 is 2.42 bits per heavy atom.